The van der Waals surface area contributed by atoms with Gasteiger partial charge in [0.2, 0.25) is 5.91 Å². The first-order valence-corrected chi connectivity index (χ1v) is 9.21. The number of carbonyl (C=O) groups excluding carboxylic acids is 1. The molecule has 1 amide bonds. The third-order valence-corrected chi connectivity index (χ3v) is 5.15. The van der Waals surface area contributed by atoms with E-state index in [1.807, 2.05) is 12.1 Å². The minimum absolute atomic E-state index is 0.158. The number of rotatable bonds is 6. The van der Waals surface area contributed by atoms with Crippen molar-refractivity contribution in [3.05, 3.63) is 59.1 Å². The molecule has 2 heterocycles. The topological polar surface area (TPSA) is 54.7 Å². The van der Waals surface area contributed by atoms with Crippen LogP contribution >= 0.6 is 0 Å². The first-order valence-electron chi connectivity index (χ1n) is 9.21. The fraction of sp³-hybridized carbons (Fsp3) is 0.450. The summed E-state index contributed by atoms with van der Waals surface area (Å²) in [4.78, 5) is 14.5. The van der Waals surface area contributed by atoms with Gasteiger partial charge in [0, 0.05) is 19.0 Å². The molecular formula is C20H22F2N2O3. The number of furan rings is 1. The smallest absolute Gasteiger partial charge is 0.224 e. The average molecular weight is 376 g/mol. The molecule has 0 radical (unpaired) electrons. The van der Waals surface area contributed by atoms with Gasteiger partial charge in [0.25, 0.3) is 0 Å². The first-order chi connectivity index (χ1) is 13.1. The highest BCUT2D eigenvalue weighted by atomic mass is 19.2. The molecule has 2 aliphatic rings. The van der Waals surface area contributed by atoms with Crippen molar-refractivity contribution >= 4 is 5.91 Å². The number of nitrogens with one attached hydrogen (secondary N) is 1. The van der Waals surface area contributed by atoms with E-state index in [9.17, 15) is 13.6 Å². The molecule has 5 nitrogen and oxygen atoms in total. The molecule has 1 aliphatic carbocycles. The number of halogens is 2. The Hall–Kier alpha value is -2.25. The number of hydrogen-bond acceptors (Lipinski definition) is 4. The molecule has 144 valence electrons. The molecule has 2 fully saturated rings. The second-order valence-electron chi connectivity index (χ2n) is 7.07. The lowest BCUT2D eigenvalue weighted by atomic mass is 10.1. The van der Waals surface area contributed by atoms with Crippen molar-refractivity contribution in [2.45, 2.75) is 25.4 Å². The highest BCUT2D eigenvalue weighted by molar-refractivity contribution is 5.82. The van der Waals surface area contributed by atoms with Crippen LogP contribution in [0.5, 0.6) is 0 Å². The van der Waals surface area contributed by atoms with Crippen molar-refractivity contribution < 1.29 is 22.7 Å². The Morgan fingerprint density at radius 3 is 2.74 bits per heavy atom. The minimum atomic E-state index is -0.873. The van der Waals surface area contributed by atoms with Crippen LogP contribution in [0.25, 0.3) is 0 Å². The van der Waals surface area contributed by atoms with Gasteiger partial charge in [-0.1, -0.05) is 12.1 Å². The number of hydrogen-bond donors (Lipinski definition) is 1. The lowest BCUT2D eigenvalue weighted by Gasteiger charge is -2.25. The third-order valence-electron chi connectivity index (χ3n) is 5.15. The zero-order valence-electron chi connectivity index (χ0n) is 14.9. The molecule has 1 saturated carbocycles. The van der Waals surface area contributed by atoms with Crippen LogP contribution < -0.4 is 5.32 Å². The maximum atomic E-state index is 13.8. The van der Waals surface area contributed by atoms with Crippen LogP contribution in [-0.2, 0) is 22.6 Å². The van der Waals surface area contributed by atoms with E-state index in [1.165, 1.54) is 6.07 Å². The highest BCUT2D eigenvalue weighted by Crippen LogP contribution is 2.48. The van der Waals surface area contributed by atoms with Gasteiger partial charge in [-0.05, 0) is 36.1 Å². The minimum Gasteiger partial charge on any atom is -0.463 e. The van der Waals surface area contributed by atoms with Gasteiger partial charge in [-0.25, -0.2) is 8.78 Å². The van der Waals surface area contributed by atoms with Gasteiger partial charge < -0.3 is 14.5 Å². The predicted octanol–water partition coefficient (Wildman–Crippen LogP) is 2.81. The average Bonchev–Trinajstić information content (AvgIpc) is 3.35. The lowest BCUT2D eigenvalue weighted by molar-refractivity contribution is -0.122. The van der Waals surface area contributed by atoms with Crippen LogP contribution in [-0.4, -0.2) is 37.1 Å². The quantitative estimate of drug-likeness (QED) is 0.842. The fourth-order valence-corrected chi connectivity index (χ4v) is 3.52. The molecule has 27 heavy (non-hydrogen) atoms. The molecule has 4 rings (SSSR count). The molecular weight excluding hydrogens is 354 g/mol. The van der Waals surface area contributed by atoms with E-state index in [1.54, 1.807) is 6.07 Å². The maximum absolute atomic E-state index is 13.8. The predicted molar refractivity (Wildman–Crippen MR) is 93.9 cm³/mol. The van der Waals surface area contributed by atoms with E-state index in [-0.39, 0.29) is 29.9 Å². The van der Waals surface area contributed by atoms with Crippen molar-refractivity contribution in [3.63, 3.8) is 0 Å². The lowest BCUT2D eigenvalue weighted by Crippen LogP contribution is -2.35. The number of morpholine rings is 1. The zero-order valence-corrected chi connectivity index (χ0v) is 14.9. The normalized spacial score (nSPS) is 22.6. The summed E-state index contributed by atoms with van der Waals surface area (Å²) >= 11 is 0. The van der Waals surface area contributed by atoms with E-state index in [0.717, 1.165) is 44.7 Å². The van der Waals surface area contributed by atoms with E-state index >= 15 is 0 Å². The SMILES string of the molecule is O=C(NCc1ccc(CN2CCOCC2)o1)[C@@H]1C[C@H]1c1cccc(F)c1F. The van der Waals surface area contributed by atoms with Crippen molar-refractivity contribution in [1.82, 2.24) is 10.2 Å². The summed E-state index contributed by atoms with van der Waals surface area (Å²) in [6.45, 7) is 4.24. The van der Waals surface area contributed by atoms with Crippen molar-refractivity contribution in [2.75, 3.05) is 26.3 Å². The number of carbonyl (C=O) groups is 1. The standard InChI is InChI=1S/C20H22F2N2O3/c21-18-3-1-2-15(19(18)22)16-10-17(16)20(25)23-11-13-4-5-14(27-13)12-24-6-8-26-9-7-24/h1-5,16-17H,6-12H2,(H,23,25)/t16-,17+/m0/s1. The monoisotopic (exact) mass is 376 g/mol. The van der Waals surface area contributed by atoms with Gasteiger partial charge >= 0.3 is 0 Å². The largest absolute Gasteiger partial charge is 0.463 e. The number of amides is 1. The Bertz CT molecular complexity index is 817. The van der Waals surface area contributed by atoms with E-state index in [0.29, 0.717) is 12.2 Å². The molecule has 0 unspecified atom stereocenters. The van der Waals surface area contributed by atoms with Crippen molar-refractivity contribution in [2.24, 2.45) is 5.92 Å². The summed E-state index contributed by atoms with van der Waals surface area (Å²) in [6, 6.07) is 7.87. The van der Waals surface area contributed by atoms with Crippen LogP contribution in [0.15, 0.2) is 34.7 Å². The molecule has 2 atom stereocenters. The molecule has 1 aliphatic heterocycles. The van der Waals surface area contributed by atoms with Gasteiger partial charge in [0.1, 0.15) is 11.5 Å². The molecule has 2 aromatic rings. The highest BCUT2D eigenvalue weighted by Gasteiger charge is 2.45. The molecule has 7 heteroatoms. The molecule has 1 aromatic heterocycles. The third kappa shape index (κ3) is 4.20. The Morgan fingerprint density at radius 2 is 1.93 bits per heavy atom. The van der Waals surface area contributed by atoms with E-state index in [4.69, 9.17) is 9.15 Å². The molecule has 1 saturated heterocycles. The Morgan fingerprint density at radius 1 is 1.15 bits per heavy atom. The van der Waals surface area contributed by atoms with E-state index in [2.05, 4.69) is 10.2 Å². The first kappa shape index (κ1) is 18.1. The summed E-state index contributed by atoms with van der Waals surface area (Å²) in [6.07, 6.45) is 0.534. The fourth-order valence-electron chi connectivity index (χ4n) is 3.52. The Kier molecular flexibility index (Phi) is 5.22. The second kappa shape index (κ2) is 7.78. The summed E-state index contributed by atoms with van der Waals surface area (Å²) in [5.74, 6) is -0.917. The Balaban J connectivity index is 1.27. The van der Waals surface area contributed by atoms with Crippen LogP contribution in [0.2, 0.25) is 0 Å². The van der Waals surface area contributed by atoms with Gasteiger partial charge in [-0.2, -0.15) is 0 Å². The van der Waals surface area contributed by atoms with Crippen molar-refractivity contribution in [3.8, 4) is 0 Å². The summed E-state index contributed by atoms with van der Waals surface area (Å²) < 4.78 is 38.3. The maximum Gasteiger partial charge on any atom is 0.224 e. The van der Waals surface area contributed by atoms with Gasteiger partial charge in [-0.3, -0.25) is 9.69 Å². The number of nitrogens with zero attached hydrogens (tertiary/aromatic N) is 1. The van der Waals surface area contributed by atoms with Gasteiger partial charge in [0.15, 0.2) is 11.6 Å². The van der Waals surface area contributed by atoms with Crippen LogP contribution in [0.1, 0.15) is 29.4 Å². The molecule has 0 spiro atoms. The summed E-state index contributed by atoms with van der Waals surface area (Å²) in [5, 5.41) is 2.83. The van der Waals surface area contributed by atoms with Crippen LogP contribution in [0.4, 0.5) is 8.78 Å². The van der Waals surface area contributed by atoms with Crippen LogP contribution in [0, 0.1) is 17.6 Å². The molecule has 0 bridgehead atoms. The summed E-state index contributed by atoms with van der Waals surface area (Å²) in [7, 11) is 0. The second-order valence-corrected chi connectivity index (χ2v) is 7.07. The number of benzene rings is 1. The van der Waals surface area contributed by atoms with E-state index < -0.39 is 11.6 Å². The zero-order chi connectivity index (χ0) is 18.8. The summed E-state index contributed by atoms with van der Waals surface area (Å²) in [5.41, 5.74) is 0.279. The van der Waals surface area contributed by atoms with Gasteiger partial charge in [-0.15, -0.1) is 0 Å². The number of ether oxygens (including phenoxy) is 1. The van der Waals surface area contributed by atoms with Gasteiger partial charge in [0.05, 0.1) is 26.3 Å². The van der Waals surface area contributed by atoms with Crippen LogP contribution in [0.3, 0.4) is 0 Å². The Labute approximate surface area is 156 Å². The molecule has 1 aromatic carbocycles. The molecule has 1 N–H and O–H groups in total. The van der Waals surface area contributed by atoms with Crippen molar-refractivity contribution in [1.29, 1.82) is 0 Å².